The number of hydrogen-bond donors (Lipinski definition) is 1. The zero-order valence-corrected chi connectivity index (χ0v) is 24.6. The van der Waals surface area contributed by atoms with E-state index in [9.17, 15) is 28.1 Å². The van der Waals surface area contributed by atoms with E-state index in [0.717, 1.165) is 21.0 Å². The predicted octanol–water partition coefficient (Wildman–Crippen LogP) is 4.48. The van der Waals surface area contributed by atoms with Crippen molar-refractivity contribution < 1.29 is 22.9 Å². The first-order valence-electron chi connectivity index (χ1n) is 13.5. The number of nitro groups is 1. The lowest BCUT2D eigenvalue weighted by molar-refractivity contribution is -0.384. The van der Waals surface area contributed by atoms with E-state index in [0.29, 0.717) is 0 Å². The van der Waals surface area contributed by atoms with Gasteiger partial charge in [0.1, 0.15) is 12.6 Å². The van der Waals surface area contributed by atoms with Crippen LogP contribution in [0.2, 0.25) is 0 Å². The fourth-order valence-corrected chi connectivity index (χ4v) is 6.15. The molecule has 2 amide bonds. The topological polar surface area (TPSA) is 130 Å². The van der Waals surface area contributed by atoms with E-state index < -0.39 is 39.3 Å². The first-order valence-corrected chi connectivity index (χ1v) is 15.0. The molecule has 0 aliphatic rings. The zero-order chi connectivity index (χ0) is 31.0. The number of anilines is 1. The SMILES string of the molecule is CNC(=O)C(Cc1ccccc1)N(Cc1cccc(C)c1)C(=O)CN(c1ccc([N+](=O)[O-])cc1)S(=O)(=O)c1ccccc1. The molecule has 0 aliphatic carbocycles. The molecule has 1 unspecified atom stereocenters. The standard InChI is InChI=1S/C32H32N4O6S/c1-24-10-9-13-26(20-24)22-34(30(32(38)33-2)21-25-11-5-3-6-12-25)31(37)23-35(27-16-18-28(19-17-27)36(39)40)43(41,42)29-14-7-4-8-15-29/h3-20,30H,21-23H2,1-2H3,(H,33,38). The maximum atomic E-state index is 14.3. The number of amides is 2. The lowest BCUT2D eigenvalue weighted by Crippen LogP contribution is -2.53. The van der Waals surface area contributed by atoms with Gasteiger partial charge in [-0.3, -0.25) is 24.0 Å². The van der Waals surface area contributed by atoms with E-state index in [1.165, 1.54) is 48.3 Å². The fraction of sp³-hybridized carbons (Fsp3) is 0.188. The molecule has 0 fully saturated rings. The van der Waals surface area contributed by atoms with Crippen LogP contribution in [-0.4, -0.2) is 49.7 Å². The normalized spacial score (nSPS) is 11.8. The molecule has 0 saturated heterocycles. The van der Waals surface area contributed by atoms with Gasteiger partial charge in [-0.1, -0.05) is 78.4 Å². The Morgan fingerprint density at radius 3 is 2.05 bits per heavy atom. The number of rotatable bonds is 12. The predicted molar refractivity (Wildman–Crippen MR) is 164 cm³/mol. The minimum Gasteiger partial charge on any atom is -0.357 e. The van der Waals surface area contributed by atoms with E-state index in [1.54, 1.807) is 18.2 Å². The highest BCUT2D eigenvalue weighted by molar-refractivity contribution is 7.92. The van der Waals surface area contributed by atoms with Crippen molar-refractivity contribution in [3.8, 4) is 0 Å². The number of nitrogens with zero attached hydrogens (tertiary/aromatic N) is 3. The molecule has 0 saturated carbocycles. The second kappa shape index (κ2) is 13.8. The number of nitro benzene ring substituents is 1. The summed E-state index contributed by atoms with van der Waals surface area (Å²) in [6, 6.07) is 28.3. The van der Waals surface area contributed by atoms with Crippen molar-refractivity contribution in [1.29, 1.82) is 0 Å². The number of sulfonamides is 1. The molecule has 4 rings (SSSR count). The number of nitrogens with one attached hydrogen (secondary N) is 1. The molecule has 0 spiro atoms. The van der Waals surface area contributed by atoms with Crippen LogP contribution in [0.3, 0.4) is 0 Å². The summed E-state index contributed by atoms with van der Waals surface area (Å²) < 4.78 is 28.7. The number of likely N-dealkylation sites (N-methyl/N-ethyl adjacent to an activating group) is 1. The van der Waals surface area contributed by atoms with E-state index in [2.05, 4.69) is 5.32 Å². The van der Waals surface area contributed by atoms with Gasteiger partial charge in [-0.05, 0) is 42.3 Å². The summed E-state index contributed by atoms with van der Waals surface area (Å²) in [5, 5.41) is 13.9. The summed E-state index contributed by atoms with van der Waals surface area (Å²) in [4.78, 5) is 39.5. The Bertz CT molecular complexity index is 1680. The van der Waals surface area contributed by atoms with E-state index in [1.807, 2.05) is 61.5 Å². The minimum absolute atomic E-state index is 0.0465. The molecular weight excluding hydrogens is 568 g/mol. The van der Waals surface area contributed by atoms with Gasteiger partial charge in [0.2, 0.25) is 11.8 Å². The second-order valence-corrected chi connectivity index (χ2v) is 11.8. The molecule has 0 aromatic heterocycles. The Kier molecular flexibility index (Phi) is 9.89. The van der Waals surface area contributed by atoms with Gasteiger partial charge in [-0.2, -0.15) is 0 Å². The third-order valence-corrected chi connectivity index (χ3v) is 8.70. The zero-order valence-electron chi connectivity index (χ0n) is 23.8. The molecule has 43 heavy (non-hydrogen) atoms. The Morgan fingerprint density at radius 1 is 0.860 bits per heavy atom. The van der Waals surface area contributed by atoms with Gasteiger partial charge in [-0.15, -0.1) is 0 Å². The minimum atomic E-state index is -4.29. The summed E-state index contributed by atoms with van der Waals surface area (Å²) >= 11 is 0. The van der Waals surface area contributed by atoms with Gasteiger partial charge >= 0.3 is 0 Å². The molecule has 4 aromatic carbocycles. The van der Waals surface area contributed by atoms with Crippen molar-refractivity contribution in [2.75, 3.05) is 17.9 Å². The summed E-state index contributed by atoms with van der Waals surface area (Å²) in [5.41, 5.74) is 2.39. The molecule has 0 radical (unpaired) electrons. The lowest BCUT2D eigenvalue weighted by atomic mass is 10.0. The van der Waals surface area contributed by atoms with Crippen LogP contribution >= 0.6 is 0 Å². The molecule has 222 valence electrons. The Morgan fingerprint density at radius 2 is 1.47 bits per heavy atom. The summed E-state index contributed by atoms with van der Waals surface area (Å²) in [7, 11) is -2.81. The van der Waals surface area contributed by atoms with Crippen LogP contribution in [0.15, 0.2) is 114 Å². The number of carbonyl (C=O) groups excluding carboxylic acids is 2. The maximum Gasteiger partial charge on any atom is 0.269 e. The van der Waals surface area contributed by atoms with Crippen LogP contribution < -0.4 is 9.62 Å². The molecular formula is C32H32N4O6S. The van der Waals surface area contributed by atoms with E-state index >= 15 is 0 Å². The van der Waals surface area contributed by atoms with Gasteiger partial charge in [-0.25, -0.2) is 8.42 Å². The quantitative estimate of drug-likeness (QED) is 0.189. The number of hydrogen-bond acceptors (Lipinski definition) is 6. The summed E-state index contributed by atoms with van der Waals surface area (Å²) in [6.45, 7) is 1.31. The van der Waals surface area contributed by atoms with Crippen molar-refractivity contribution >= 4 is 33.2 Å². The fourth-order valence-electron chi connectivity index (χ4n) is 4.72. The largest absolute Gasteiger partial charge is 0.357 e. The van der Waals surface area contributed by atoms with Gasteiger partial charge in [0.15, 0.2) is 0 Å². The average molecular weight is 601 g/mol. The van der Waals surface area contributed by atoms with Crippen LogP contribution in [-0.2, 0) is 32.6 Å². The third-order valence-electron chi connectivity index (χ3n) is 6.91. The number of aryl methyl sites for hydroxylation is 1. The highest BCUT2D eigenvalue weighted by atomic mass is 32.2. The molecule has 1 atom stereocenters. The van der Waals surface area contributed by atoms with Gasteiger partial charge in [0.05, 0.1) is 15.5 Å². The maximum absolute atomic E-state index is 14.3. The first-order chi connectivity index (χ1) is 20.6. The molecule has 11 heteroatoms. The highest BCUT2D eigenvalue weighted by Gasteiger charge is 2.34. The molecule has 1 N–H and O–H groups in total. The first kappa shape index (κ1) is 30.9. The Hall–Kier alpha value is -5.03. The summed E-state index contributed by atoms with van der Waals surface area (Å²) in [5.74, 6) is -1.03. The van der Waals surface area contributed by atoms with Crippen molar-refractivity contribution in [1.82, 2.24) is 10.2 Å². The van der Waals surface area contributed by atoms with E-state index in [4.69, 9.17) is 0 Å². The molecule has 0 heterocycles. The van der Waals surface area contributed by atoms with Crippen LogP contribution in [0, 0.1) is 17.0 Å². The van der Waals surface area contributed by atoms with Crippen molar-refractivity contribution in [3.63, 3.8) is 0 Å². The van der Waals surface area contributed by atoms with Crippen molar-refractivity contribution in [3.05, 3.63) is 136 Å². The smallest absolute Gasteiger partial charge is 0.269 e. The van der Waals surface area contributed by atoms with Gasteiger partial charge in [0.25, 0.3) is 15.7 Å². The monoisotopic (exact) mass is 600 g/mol. The van der Waals surface area contributed by atoms with Crippen LogP contribution in [0.1, 0.15) is 16.7 Å². The van der Waals surface area contributed by atoms with Gasteiger partial charge in [0, 0.05) is 32.1 Å². The van der Waals surface area contributed by atoms with Crippen molar-refractivity contribution in [2.45, 2.75) is 30.8 Å². The highest BCUT2D eigenvalue weighted by Crippen LogP contribution is 2.27. The number of carbonyl (C=O) groups is 2. The summed E-state index contributed by atoms with van der Waals surface area (Å²) in [6.07, 6.45) is 0.195. The molecule has 0 aliphatic heterocycles. The third kappa shape index (κ3) is 7.63. The van der Waals surface area contributed by atoms with Crippen molar-refractivity contribution in [2.24, 2.45) is 0 Å². The lowest BCUT2D eigenvalue weighted by Gasteiger charge is -2.33. The molecule has 0 bridgehead atoms. The Labute approximate surface area is 250 Å². The molecule has 4 aromatic rings. The number of benzene rings is 4. The van der Waals surface area contributed by atoms with Gasteiger partial charge < -0.3 is 10.2 Å². The second-order valence-electron chi connectivity index (χ2n) is 9.93. The van der Waals surface area contributed by atoms with Crippen LogP contribution in [0.5, 0.6) is 0 Å². The van der Waals surface area contributed by atoms with E-state index in [-0.39, 0.29) is 29.2 Å². The Balaban J connectivity index is 1.79. The van der Waals surface area contributed by atoms with Crippen LogP contribution in [0.4, 0.5) is 11.4 Å². The molecule has 10 nitrogen and oxygen atoms in total. The average Bonchev–Trinajstić information content (AvgIpc) is 3.02. The number of non-ortho nitro benzene ring substituents is 1. The van der Waals surface area contributed by atoms with Crippen LogP contribution in [0.25, 0.3) is 0 Å².